The van der Waals surface area contributed by atoms with E-state index < -0.39 is 17.9 Å². The van der Waals surface area contributed by atoms with Gasteiger partial charge in [0.05, 0.1) is 0 Å². The highest BCUT2D eigenvalue weighted by atomic mass is 19.4. The molecule has 0 aliphatic carbocycles. The number of halogens is 4. The van der Waals surface area contributed by atoms with E-state index in [9.17, 15) is 17.6 Å². The zero-order chi connectivity index (χ0) is 15.2. The minimum Gasteiger partial charge on any atom is -0.405 e. The molecule has 0 heterocycles. The number of rotatable bonds is 7. The Balaban J connectivity index is 2.78. The van der Waals surface area contributed by atoms with Gasteiger partial charge in [-0.25, -0.2) is 4.39 Å². The molecule has 1 unspecified atom stereocenters. The zero-order valence-electron chi connectivity index (χ0n) is 11.0. The van der Waals surface area contributed by atoms with Gasteiger partial charge in [0.25, 0.3) is 0 Å². The van der Waals surface area contributed by atoms with E-state index in [1.54, 1.807) is 0 Å². The van der Waals surface area contributed by atoms with Crippen molar-refractivity contribution >= 4 is 0 Å². The molecule has 3 nitrogen and oxygen atoms in total. The molecule has 0 aliphatic heterocycles. The molecule has 1 rings (SSSR count). The largest absolute Gasteiger partial charge is 0.573 e. The van der Waals surface area contributed by atoms with Crippen LogP contribution in [0.4, 0.5) is 17.6 Å². The number of nitrogens with one attached hydrogen (secondary N) is 1. The van der Waals surface area contributed by atoms with Gasteiger partial charge < -0.3 is 15.2 Å². The zero-order valence-corrected chi connectivity index (χ0v) is 11.0. The Bertz CT molecular complexity index is 423. The van der Waals surface area contributed by atoms with E-state index in [2.05, 4.69) is 10.1 Å². The number of ether oxygens (including phenoxy) is 1. The third-order valence-corrected chi connectivity index (χ3v) is 2.81. The van der Waals surface area contributed by atoms with Crippen LogP contribution in [0.5, 0.6) is 5.75 Å². The van der Waals surface area contributed by atoms with Crippen LogP contribution in [0.1, 0.15) is 25.3 Å². The fourth-order valence-electron chi connectivity index (χ4n) is 1.75. The van der Waals surface area contributed by atoms with Gasteiger partial charge in [0.2, 0.25) is 0 Å². The molecular formula is C13H17F4NO2. The summed E-state index contributed by atoms with van der Waals surface area (Å²) in [4.78, 5) is 0. The summed E-state index contributed by atoms with van der Waals surface area (Å²) in [6.45, 7) is 1.98. The molecule has 0 saturated carbocycles. The Morgan fingerprint density at radius 3 is 2.60 bits per heavy atom. The summed E-state index contributed by atoms with van der Waals surface area (Å²) >= 11 is 0. The summed E-state index contributed by atoms with van der Waals surface area (Å²) in [5.41, 5.74) is 0.208. The second kappa shape index (κ2) is 7.44. The first-order valence-corrected chi connectivity index (χ1v) is 6.24. The van der Waals surface area contributed by atoms with E-state index in [0.29, 0.717) is 12.5 Å². The van der Waals surface area contributed by atoms with Crippen molar-refractivity contribution in [1.29, 1.82) is 0 Å². The van der Waals surface area contributed by atoms with Crippen LogP contribution < -0.4 is 10.1 Å². The van der Waals surface area contributed by atoms with Crippen LogP contribution in [0.25, 0.3) is 0 Å². The van der Waals surface area contributed by atoms with Gasteiger partial charge in [0, 0.05) is 30.8 Å². The maximum Gasteiger partial charge on any atom is 0.573 e. The third kappa shape index (κ3) is 5.75. The van der Waals surface area contributed by atoms with Crippen LogP contribution in [0.3, 0.4) is 0 Å². The maximum absolute atomic E-state index is 13.0. The van der Waals surface area contributed by atoms with Gasteiger partial charge in [-0.1, -0.05) is 13.0 Å². The number of aliphatic hydroxyl groups is 1. The first kappa shape index (κ1) is 16.7. The summed E-state index contributed by atoms with van der Waals surface area (Å²) in [5.74, 6) is -1.35. The van der Waals surface area contributed by atoms with Gasteiger partial charge in [-0.3, -0.25) is 0 Å². The lowest BCUT2D eigenvalue weighted by molar-refractivity contribution is -0.275. The molecule has 0 spiro atoms. The van der Waals surface area contributed by atoms with Gasteiger partial charge in [-0.15, -0.1) is 13.2 Å². The summed E-state index contributed by atoms with van der Waals surface area (Å²) in [5, 5.41) is 11.8. The molecular weight excluding hydrogens is 278 g/mol. The predicted octanol–water partition coefficient (Wildman–Crippen LogP) is 2.97. The van der Waals surface area contributed by atoms with Crippen molar-refractivity contribution in [2.24, 2.45) is 0 Å². The van der Waals surface area contributed by atoms with E-state index in [4.69, 9.17) is 5.11 Å². The summed E-state index contributed by atoms with van der Waals surface area (Å²) < 4.78 is 53.5. The van der Waals surface area contributed by atoms with Crippen LogP contribution in [-0.4, -0.2) is 24.1 Å². The van der Waals surface area contributed by atoms with Crippen LogP contribution in [0, 0.1) is 5.82 Å². The molecule has 0 bridgehead atoms. The van der Waals surface area contributed by atoms with Crippen molar-refractivity contribution in [3.63, 3.8) is 0 Å². The molecule has 0 aromatic heterocycles. The summed E-state index contributed by atoms with van der Waals surface area (Å²) in [7, 11) is 0. The Hall–Kier alpha value is -1.34. The van der Waals surface area contributed by atoms with Gasteiger partial charge in [0.15, 0.2) is 0 Å². The fourth-order valence-corrected chi connectivity index (χ4v) is 1.75. The number of aliphatic hydroxyl groups excluding tert-OH is 1. The van der Waals surface area contributed by atoms with Gasteiger partial charge >= 0.3 is 6.36 Å². The molecule has 20 heavy (non-hydrogen) atoms. The average molecular weight is 295 g/mol. The lowest BCUT2D eigenvalue weighted by Crippen LogP contribution is -2.29. The molecule has 0 radical (unpaired) electrons. The monoisotopic (exact) mass is 295 g/mol. The quantitative estimate of drug-likeness (QED) is 0.760. The van der Waals surface area contributed by atoms with E-state index >= 15 is 0 Å². The lowest BCUT2D eigenvalue weighted by Gasteiger charge is -2.18. The molecule has 1 atom stereocenters. The van der Waals surface area contributed by atoms with Crippen molar-refractivity contribution in [2.45, 2.75) is 38.7 Å². The third-order valence-electron chi connectivity index (χ3n) is 2.81. The Morgan fingerprint density at radius 2 is 2.05 bits per heavy atom. The van der Waals surface area contributed by atoms with E-state index in [1.165, 1.54) is 6.07 Å². The minimum atomic E-state index is -4.86. The topological polar surface area (TPSA) is 41.5 Å². The van der Waals surface area contributed by atoms with Gasteiger partial charge in [0.1, 0.15) is 11.6 Å². The van der Waals surface area contributed by atoms with E-state index in [1.807, 2.05) is 6.92 Å². The van der Waals surface area contributed by atoms with Crippen molar-refractivity contribution in [1.82, 2.24) is 5.32 Å². The first-order chi connectivity index (χ1) is 9.35. The number of alkyl halides is 3. The molecule has 1 aromatic rings. The molecule has 0 saturated heterocycles. The van der Waals surface area contributed by atoms with E-state index in [0.717, 1.165) is 12.5 Å². The highest BCUT2D eigenvalue weighted by Gasteiger charge is 2.32. The van der Waals surface area contributed by atoms with Gasteiger partial charge in [-0.2, -0.15) is 0 Å². The second-order valence-corrected chi connectivity index (χ2v) is 4.30. The van der Waals surface area contributed by atoms with Crippen molar-refractivity contribution < 1.29 is 27.4 Å². The highest BCUT2D eigenvalue weighted by molar-refractivity contribution is 5.34. The molecule has 0 amide bonds. The Morgan fingerprint density at radius 1 is 1.35 bits per heavy atom. The van der Waals surface area contributed by atoms with Crippen molar-refractivity contribution in [3.05, 3.63) is 29.6 Å². The predicted molar refractivity (Wildman–Crippen MR) is 65.7 cm³/mol. The SMILES string of the molecule is CCC(CCO)NCc1ccc(F)cc1OC(F)(F)F. The standard InChI is InChI=1S/C13H17F4NO2/c1-2-11(5-6-19)18-8-9-3-4-10(14)7-12(9)20-13(15,16)17/h3-4,7,11,18-19H,2,5-6,8H2,1H3. The smallest absolute Gasteiger partial charge is 0.405 e. The summed E-state index contributed by atoms with van der Waals surface area (Å²) in [6, 6.07) is 3.00. The van der Waals surface area contributed by atoms with Crippen LogP contribution in [0.15, 0.2) is 18.2 Å². The molecule has 2 N–H and O–H groups in total. The fraction of sp³-hybridized carbons (Fsp3) is 0.538. The average Bonchev–Trinajstić information content (AvgIpc) is 2.34. The van der Waals surface area contributed by atoms with Gasteiger partial charge in [-0.05, 0) is 18.9 Å². The van der Waals surface area contributed by atoms with E-state index in [-0.39, 0.29) is 24.8 Å². The van der Waals surface area contributed by atoms with Crippen molar-refractivity contribution in [3.8, 4) is 5.75 Å². The Kier molecular flexibility index (Phi) is 6.22. The lowest BCUT2D eigenvalue weighted by atomic mass is 10.1. The number of benzene rings is 1. The second-order valence-electron chi connectivity index (χ2n) is 4.30. The molecule has 114 valence electrons. The van der Waals surface area contributed by atoms with Crippen LogP contribution >= 0.6 is 0 Å². The maximum atomic E-state index is 13.0. The van der Waals surface area contributed by atoms with Crippen LogP contribution in [0.2, 0.25) is 0 Å². The molecule has 0 fully saturated rings. The van der Waals surface area contributed by atoms with Crippen LogP contribution in [-0.2, 0) is 6.54 Å². The van der Waals surface area contributed by atoms with Crippen molar-refractivity contribution in [2.75, 3.05) is 6.61 Å². The highest BCUT2D eigenvalue weighted by Crippen LogP contribution is 2.27. The molecule has 0 aliphatic rings. The summed E-state index contributed by atoms with van der Waals surface area (Å²) in [6.07, 6.45) is -3.65. The minimum absolute atomic E-state index is 0.0131. The number of hydrogen-bond donors (Lipinski definition) is 2. The first-order valence-electron chi connectivity index (χ1n) is 6.24. The Labute approximate surface area is 114 Å². The molecule has 7 heteroatoms. The number of hydrogen-bond acceptors (Lipinski definition) is 3. The molecule has 1 aromatic carbocycles. The normalized spacial score (nSPS) is 13.3.